The predicted octanol–water partition coefficient (Wildman–Crippen LogP) is 2.68. The Hall–Kier alpha value is -0.830. The zero-order valence-corrected chi connectivity index (χ0v) is 10.7. The first kappa shape index (κ1) is 12.6. The molecule has 3 heteroatoms. The third-order valence-corrected chi connectivity index (χ3v) is 3.37. The number of halogens is 1. The Kier molecular flexibility index (Phi) is 4.60. The van der Waals surface area contributed by atoms with Crippen LogP contribution in [0.2, 0.25) is 0 Å². The summed E-state index contributed by atoms with van der Waals surface area (Å²) in [5.41, 5.74) is 2.31. The van der Waals surface area contributed by atoms with E-state index in [1.165, 1.54) is 5.56 Å². The summed E-state index contributed by atoms with van der Waals surface area (Å²) in [6, 6.07) is 10.5. The van der Waals surface area contributed by atoms with Crippen molar-refractivity contribution < 1.29 is 4.74 Å². The number of ether oxygens (including phenoxy) is 1. The molecule has 0 radical (unpaired) electrons. The molecule has 0 saturated carbocycles. The van der Waals surface area contributed by atoms with Crippen LogP contribution in [0.5, 0.6) is 0 Å². The molecule has 92 valence electrons. The SMILES string of the molecule is C=C(CCl)C1CN(Cc2ccccc2)CCO1. The fourth-order valence-corrected chi connectivity index (χ4v) is 2.19. The quantitative estimate of drug-likeness (QED) is 0.603. The van der Waals surface area contributed by atoms with Crippen LogP contribution in [0.1, 0.15) is 5.56 Å². The second-order valence-corrected chi connectivity index (χ2v) is 4.64. The lowest BCUT2D eigenvalue weighted by Gasteiger charge is -2.33. The Bertz CT molecular complexity index is 366. The van der Waals surface area contributed by atoms with E-state index in [4.69, 9.17) is 16.3 Å². The largest absolute Gasteiger partial charge is 0.371 e. The number of benzene rings is 1. The van der Waals surface area contributed by atoms with Crippen LogP contribution in [0.4, 0.5) is 0 Å². The Morgan fingerprint density at radius 2 is 2.18 bits per heavy atom. The molecule has 2 rings (SSSR count). The molecule has 0 aliphatic carbocycles. The van der Waals surface area contributed by atoms with Crippen molar-refractivity contribution in [3.05, 3.63) is 48.0 Å². The van der Waals surface area contributed by atoms with Crippen LogP contribution >= 0.6 is 11.6 Å². The minimum atomic E-state index is 0.0879. The molecule has 0 amide bonds. The van der Waals surface area contributed by atoms with Gasteiger partial charge in [0, 0.05) is 25.5 Å². The molecule has 1 aromatic rings. The van der Waals surface area contributed by atoms with Crippen molar-refractivity contribution in [3.63, 3.8) is 0 Å². The van der Waals surface area contributed by atoms with E-state index in [0.717, 1.165) is 31.8 Å². The van der Waals surface area contributed by atoms with Crippen molar-refractivity contribution in [2.45, 2.75) is 12.6 Å². The molecular weight excluding hydrogens is 234 g/mol. The maximum atomic E-state index is 5.80. The molecule has 17 heavy (non-hydrogen) atoms. The van der Waals surface area contributed by atoms with Crippen molar-refractivity contribution in [2.24, 2.45) is 0 Å². The van der Waals surface area contributed by atoms with Gasteiger partial charge in [-0.2, -0.15) is 0 Å². The van der Waals surface area contributed by atoms with E-state index in [1.807, 2.05) is 6.07 Å². The summed E-state index contributed by atoms with van der Waals surface area (Å²) < 4.78 is 5.67. The minimum absolute atomic E-state index is 0.0879. The van der Waals surface area contributed by atoms with Gasteiger partial charge in [-0.05, 0) is 11.1 Å². The first-order valence-corrected chi connectivity index (χ1v) is 6.44. The van der Waals surface area contributed by atoms with E-state index in [1.54, 1.807) is 0 Å². The molecule has 1 atom stereocenters. The maximum Gasteiger partial charge on any atom is 0.0921 e. The average molecular weight is 252 g/mol. The second kappa shape index (κ2) is 6.20. The topological polar surface area (TPSA) is 12.5 Å². The molecule has 0 aromatic heterocycles. The van der Waals surface area contributed by atoms with E-state index < -0.39 is 0 Å². The van der Waals surface area contributed by atoms with Crippen molar-refractivity contribution in [1.29, 1.82) is 0 Å². The van der Waals surface area contributed by atoms with Gasteiger partial charge in [-0.3, -0.25) is 4.90 Å². The van der Waals surface area contributed by atoms with Gasteiger partial charge in [0.1, 0.15) is 0 Å². The van der Waals surface area contributed by atoms with Gasteiger partial charge in [0.2, 0.25) is 0 Å². The first-order valence-electron chi connectivity index (χ1n) is 5.91. The highest BCUT2D eigenvalue weighted by molar-refractivity contribution is 6.19. The monoisotopic (exact) mass is 251 g/mol. The van der Waals surface area contributed by atoms with E-state index in [0.29, 0.717) is 5.88 Å². The Labute approximate surface area is 108 Å². The summed E-state index contributed by atoms with van der Waals surface area (Å²) in [4.78, 5) is 2.39. The summed E-state index contributed by atoms with van der Waals surface area (Å²) >= 11 is 5.80. The van der Waals surface area contributed by atoms with Crippen molar-refractivity contribution in [3.8, 4) is 0 Å². The fourth-order valence-electron chi connectivity index (χ4n) is 2.02. The molecule has 1 unspecified atom stereocenters. The predicted molar refractivity (Wildman–Crippen MR) is 71.3 cm³/mol. The zero-order valence-electron chi connectivity index (χ0n) is 9.94. The van der Waals surface area contributed by atoms with Crippen LogP contribution in [0, 0.1) is 0 Å². The minimum Gasteiger partial charge on any atom is -0.371 e. The molecule has 1 fully saturated rings. The maximum absolute atomic E-state index is 5.80. The van der Waals surface area contributed by atoms with Gasteiger partial charge >= 0.3 is 0 Å². The number of alkyl halides is 1. The van der Waals surface area contributed by atoms with Crippen LogP contribution in [0.3, 0.4) is 0 Å². The van der Waals surface area contributed by atoms with Crippen LogP contribution in [-0.4, -0.2) is 36.6 Å². The summed E-state index contributed by atoms with van der Waals surface area (Å²) in [6.45, 7) is 7.54. The Balaban J connectivity index is 1.92. The third kappa shape index (κ3) is 3.56. The molecular formula is C14H18ClNO. The van der Waals surface area contributed by atoms with Gasteiger partial charge < -0.3 is 4.74 Å². The van der Waals surface area contributed by atoms with Gasteiger partial charge in [-0.25, -0.2) is 0 Å². The molecule has 0 spiro atoms. The molecule has 1 aliphatic heterocycles. The third-order valence-electron chi connectivity index (χ3n) is 3.03. The lowest BCUT2D eigenvalue weighted by Crippen LogP contribution is -2.42. The molecule has 1 aliphatic rings. The van der Waals surface area contributed by atoms with Gasteiger partial charge in [0.25, 0.3) is 0 Å². The highest BCUT2D eigenvalue weighted by atomic mass is 35.5. The van der Waals surface area contributed by atoms with E-state index >= 15 is 0 Å². The van der Waals surface area contributed by atoms with Crippen LogP contribution in [0.25, 0.3) is 0 Å². The molecule has 2 nitrogen and oxygen atoms in total. The smallest absolute Gasteiger partial charge is 0.0921 e. The van der Waals surface area contributed by atoms with Gasteiger partial charge in [0.15, 0.2) is 0 Å². The number of morpholine rings is 1. The number of hydrogen-bond donors (Lipinski definition) is 0. The molecule has 1 saturated heterocycles. The normalized spacial score (nSPS) is 21.4. The van der Waals surface area contributed by atoms with Gasteiger partial charge in [0.05, 0.1) is 12.7 Å². The summed E-state index contributed by atoms with van der Waals surface area (Å²) in [5, 5.41) is 0. The highest BCUT2D eigenvalue weighted by Crippen LogP contribution is 2.15. The fraction of sp³-hybridized carbons (Fsp3) is 0.429. The van der Waals surface area contributed by atoms with Crippen molar-refractivity contribution in [1.82, 2.24) is 4.90 Å². The van der Waals surface area contributed by atoms with Crippen molar-refractivity contribution >= 4 is 11.6 Å². The molecule has 1 heterocycles. The number of hydrogen-bond acceptors (Lipinski definition) is 2. The summed E-state index contributed by atoms with van der Waals surface area (Å²) in [7, 11) is 0. The van der Waals surface area contributed by atoms with Crippen LogP contribution < -0.4 is 0 Å². The second-order valence-electron chi connectivity index (χ2n) is 4.37. The Morgan fingerprint density at radius 1 is 1.41 bits per heavy atom. The van der Waals surface area contributed by atoms with Crippen LogP contribution in [-0.2, 0) is 11.3 Å². The molecule has 0 N–H and O–H groups in total. The average Bonchev–Trinajstić information content (AvgIpc) is 2.39. The zero-order chi connectivity index (χ0) is 12.1. The summed E-state index contributed by atoms with van der Waals surface area (Å²) in [5.74, 6) is 0.476. The summed E-state index contributed by atoms with van der Waals surface area (Å²) in [6.07, 6.45) is 0.0879. The lowest BCUT2D eigenvalue weighted by atomic mass is 10.1. The number of rotatable bonds is 4. The van der Waals surface area contributed by atoms with Gasteiger partial charge in [-0.15, -0.1) is 11.6 Å². The van der Waals surface area contributed by atoms with Crippen molar-refractivity contribution in [2.75, 3.05) is 25.6 Å². The van der Waals surface area contributed by atoms with Gasteiger partial charge in [-0.1, -0.05) is 36.9 Å². The number of nitrogens with zero attached hydrogens (tertiary/aromatic N) is 1. The molecule has 0 bridgehead atoms. The standard InChI is InChI=1S/C14H18ClNO/c1-12(9-15)14-11-16(7-8-17-14)10-13-5-3-2-4-6-13/h2-6,14H,1,7-11H2. The first-order chi connectivity index (χ1) is 8.29. The van der Waals surface area contributed by atoms with E-state index in [9.17, 15) is 0 Å². The lowest BCUT2D eigenvalue weighted by molar-refractivity contribution is -0.0118. The van der Waals surface area contributed by atoms with Crippen LogP contribution in [0.15, 0.2) is 42.5 Å². The molecule has 1 aromatic carbocycles. The van der Waals surface area contributed by atoms with E-state index in [-0.39, 0.29) is 6.10 Å². The Morgan fingerprint density at radius 3 is 2.88 bits per heavy atom. The van der Waals surface area contributed by atoms with E-state index in [2.05, 4.69) is 35.7 Å². The highest BCUT2D eigenvalue weighted by Gasteiger charge is 2.22.